The van der Waals surface area contributed by atoms with Crippen LogP contribution in [-0.2, 0) is 14.8 Å². The number of fused-ring (bicyclic) bond motifs is 1. The van der Waals surface area contributed by atoms with Gasteiger partial charge in [-0.15, -0.1) is 0 Å². The Kier molecular flexibility index (Phi) is 6.80. The molecule has 0 aliphatic rings. The Morgan fingerprint density at radius 2 is 1.87 bits per heavy atom. The number of nitrogens with one attached hydrogen (secondary N) is 3. The third-order valence-corrected chi connectivity index (χ3v) is 6.24. The molecule has 1 aromatic carbocycles. The minimum atomic E-state index is -4.01. The zero-order chi connectivity index (χ0) is 21.7. The lowest BCUT2D eigenvalue weighted by Crippen LogP contribution is -2.50. The summed E-state index contributed by atoms with van der Waals surface area (Å²) in [6.45, 7) is 3.75. The van der Waals surface area contributed by atoms with Gasteiger partial charge in [-0.3, -0.25) is 9.59 Å². The topological polar surface area (TPSA) is 143 Å². The van der Waals surface area contributed by atoms with Crippen molar-refractivity contribution in [1.82, 2.24) is 24.1 Å². The molecule has 0 unspecified atom stereocenters. The molecular weight excluding hydrogens is 430 g/mol. The Morgan fingerprint density at radius 3 is 2.57 bits per heavy atom. The smallest absolute Gasteiger partial charge is 0.287 e. The van der Waals surface area contributed by atoms with Crippen LogP contribution < -0.4 is 15.4 Å². The number of carbonyl (C=O) groups is 2. The lowest BCUT2D eigenvalue weighted by molar-refractivity contribution is -0.123. The van der Waals surface area contributed by atoms with Crippen molar-refractivity contribution >= 4 is 44.6 Å². The molecule has 3 N–H and O–H groups in total. The van der Waals surface area contributed by atoms with Gasteiger partial charge in [0.05, 0.1) is 18.0 Å². The minimum absolute atomic E-state index is 0.0297. The van der Waals surface area contributed by atoms with Gasteiger partial charge < -0.3 is 15.1 Å². The van der Waals surface area contributed by atoms with Crippen LogP contribution in [0.5, 0.6) is 0 Å². The first kappa shape index (κ1) is 21.9. The average Bonchev–Trinajstić information content (AvgIpc) is 3.40. The average molecular weight is 452 g/mol. The van der Waals surface area contributed by atoms with Crippen molar-refractivity contribution in [2.24, 2.45) is 5.92 Å². The maximum absolute atomic E-state index is 12.9. The largest absolute Gasteiger partial charge is 0.459 e. The Labute approximate surface area is 177 Å². The van der Waals surface area contributed by atoms with E-state index in [9.17, 15) is 18.0 Å². The number of aromatic nitrogens is 2. The Balaban J connectivity index is 1.61. The highest BCUT2D eigenvalue weighted by Gasteiger charge is 2.29. The van der Waals surface area contributed by atoms with Crippen molar-refractivity contribution in [3.05, 3.63) is 42.4 Å². The number of rotatable bonds is 9. The maximum atomic E-state index is 12.9. The molecule has 12 heteroatoms. The van der Waals surface area contributed by atoms with E-state index in [1.807, 2.05) is 0 Å². The van der Waals surface area contributed by atoms with Gasteiger partial charge >= 0.3 is 0 Å². The van der Waals surface area contributed by atoms with Crippen molar-refractivity contribution < 1.29 is 22.4 Å². The molecule has 160 valence electrons. The Morgan fingerprint density at radius 1 is 1.10 bits per heavy atom. The molecule has 10 nitrogen and oxygen atoms in total. The van der Waals surface area contributed by atoms with E-state index in [4.69, 9.17) is 4.42 Å². The van der Waals surface area contributed by atoms with Crippen molar-refractivity contribution in [3.8, 4) is 0 Å². The summed E-state index contributed by atoms with van der Waals surface area (Å²) < 4.78 is 41.3. The number of hydrogen-bond acceptors (Lipinski definition) is 8. The summed E-state index contributed by atoms with van der Waals surface area (Å²) >= 11 is 0.917. The summed E-state index contributed by atoms with van der Waals surface area (Å²) in [6.07, 6.45) is 1.39. The number of hydrogen-bond donors (Lipinski definition) is 3. The fraction of sp³-hybridized carbons (Fsp3) is 0.333. The zero-order valence-electron chi connectivity index (χ0n) is 16.3. The number of carbonyl (C=O) groups excluding carboxylic acids is 2. The number of nitrogens with zero attached hydrogens (tertiary/aromatic N) is 2. The van der Waals surface area contributed by atoms with Gasteiger partial charge in [-0.05, 0) is 30.2 Å². The maximum Gasteiger partial charge on any atom is 0.287 e. The highest BCUT2D eigenvalue weighted by atomic mass is 32.2. The first-order valence-electron chi connectivity index (χ1n) is 9.12. The van der Waals surface area contributed by atoms with Gasteiger partial charge in [-0.25, -0.2) is 8.42 Å². The van der Waals surface area contributed by atoms with Crippen LogP contribution in [0.2, 0.25) is 0 Å². The van der Waals surface area contributed by atoms with E-state index in [1.165, 1.54) is 18.4 Å². The van der Waals surface area contributed by atoms with E-state index in [0.29, 0.717) is 5.52 Å². The number of benzene rings is 1. The van der Waals surface area contributed by atoms with E-state index < -0.39 is 27.9 Å². The predicted molar refractivity (Wildman–Crippen MR) is 110 cm³/mol. The summed E-state index contributed by atoms with van der Waals surface area (Å²) in [4.78, 5) is 24.4. The SMILES string of the molecule is CC(C)[C@H](NS(=O)(=O)c1cccc2nsnc12)C(=O)NCCNC(=O)c1ccco1. The van der Waals surface area contributed by atoms with Crippen LogP contribution in [0.4, 0.5) is 0 Å². The molecule has 1 atom stereocenters. The molecule has 0 bridgehead atoms. The van der Waals surface area contributed by atoms with Crippen molar-refractivity contribution in [1.29, 1.82) is 0 Å². The molecule has 0 aliphatic carbocycles. The second-order valence-electron chi connectivity index (χ2n) is 6.76. The van der Waals surface area contributed by atoms with Crippen LogP contribution in [0, 0.1) is 5.92 Å². The second-order valence-corrected chi connectivity index (χ2v) is 8.97. The minimum Gasteiger partial charge on any atom is -0.459 e. The van der Waals surface area contributed by atoms with Crippen LogP contribution in [0.15, 0.2) is 45.9 Å². The molecule has 2 aromatic heterocycles. The van der Waals surface area contributed by atoms with E-state index in [0.717, 1.165) is 11.7 Å². The summed E-state index contributed by atoms with van der Waals surface area (Å²) in [5.74, 6) is -1.05. The number of amides is 2. The van der Waals surface area contributed by atoms with E-state index in [-0.39, 0.29) is 35.2 Å². The van der Waals surface area contributed by atoms with Crippen LogP contribution in [-0.4, -0.2) is 48.1 Å². The molecule has 0 aliphatic heterocycles. The molecule has 3 aromatic rings. The fourth-order valence-electron chi connectivity index (χ4n) is 2.69. The van der Waals surface area contributed by atoms with Crippen LogP contribution in [0.25, 0.3) is 11.0 Å². The first-order chi connectivity index (χ1) is 14.3. The normalized spacial score (nSPS) is 12.8. The highest BCUT2D eigenvalue weighted by molar-refractivity contribution is 7.89. The second kappa shape index (κ2) is 9.32. The van der Waals surface area contributed by atoms with Gasteiger partial charge in [0, 0.05) is 13.1 Å². The van der Waals surface area contributed by atoms with Crippen molar-refractivity contribution in [2.75, 3.05) is 13.1 Å². The van der Waals surface area contributed by atoms with Gasteiger partial charge in [0.1, 0.15) is 22.0 Å². The summed E-state index contributed by atoms with van der Waals surface area (Å²) in [6, 6.07) is 6.78. The summed E-state index contributed by atoms with van der Waals surface area (Å²) in [5, 5.41) is 5.23. The van der Waals surface area contributed by atoms with Gasteiger partial charge in [0.15, 0.2) is 5.76 Å². The third-order valence-electron chi connectivity index (χ3n) is 4.22. The van der Waals surface area contributed by atoms with Crippen molar-refractivity contribution in [2.45, 2.75) is 24.8 Å². The van der Waals surface area contributed by atoms with Crippen LogP contribution in [0.1, 0.15) is 24.4 Å². The molecule has 0 spiro atoms. The first-order valence-corrected chi connectivity index (χ1v) is 11.3. The molecular formula is C18H21N5O5S2. The van der Waals surface area contributed by atoms with Crippen LogP contribution in [0.3, 0.4) is 0 Å². The Bertz CT molecular complexity index is 1130. The van der Waals surface area contributed by atoms with Crippen molar-refractivity contribution in [3.63, 3.8) is 0 Å². The van der Waals surface area contributed by atoms with Gasteiger partial charge in [-0.1, -0.05) is 19.9 Å². The molecule has 0 fully saturated rings. The molecule has 0 saturated carbocycles. The fourth-order valence-corrected chi connectivity index (χ4v) is 4.80. The molecule has 0 saturated heterocycles. The lowest BCUT2D eigenvalue weighted by Gasteiger charge is -2.21. The number of furan rings is 1. The predicted octanol–water partition coefficient (Wildman–Crippen LogP) is 1.13. The third kappa shape index (κ3) is 5.01. The molecule has 3 rings (SSSR count). The Hall–Kier alpha value is -2.83. The number of sulfonamides is 1. The van der Waals surface area contributed by atoms with Gasteiger partial charge in [0.2, 0.25) is 15.9 Å². The van der Waals surface area contributed by atoms with Gasteiger partial charge in [-0.2, -0.15) is 13.5 Å². The van der Waals surface area contributed by atoms with Crippen LogP contribution >= 0.6 is 11.7 Å². The molecule has 2 heterocycles. The lowest BCUT2D eigenvalue weighted by atomic mass is 10.1. The van der Waals surface area contributed by atoms with E-state index in [2.05, 4.69) is 24.1 Å². The molecule has 30 heavy (non-hydrogen) atoms. The summed E-state index contributed by atoms with van der Waals surface area (Å²) in [5.41, 5.74) is 0.735. The standard InChI is InChI=1S/C18H21N5O5S2/c1-11(2)15(18(25)20-9-8-19-17(24)13-6-4-10-28-13)23-30(26,27)14-7-3-5-12-16(14)22-29-21-12/h3-7,10-11,15,23H,8-9H2,1-2H3,(H,19,24)(H,20,25)/t15-/m0/s1. The van der Waals surface area contributed by atoms with E-state index in [1.54, 1.807) is 32.0 Å². The monoisotopic (exact) mass is 451 g/mol. The quantitative estimate of drug-likeness (QED) is 0.414. The van der Waals surface area contributed by atoms with E-state index >= 15 is 0 Å². The molecule has 2 amide bonds. The molecule has 0 radical (unpaired) electrons. The zero-order valence-corrected chi connectivity index (χ0v) is 17.9. The summed E-state index contributed by atoms with van der Waals surface area (Å²) in [7, 11) is -4.01. The van der Waals surface area contributed by atoms with Gasteiger partial charge in [0.25, 0.3) is 5.91 Å². The highest BCUT2D eigenvalue weighted by Crippen LogP contribution is 2.21.